The molecule has 0 aliphatic heterocycles. The molecule has 1 amide bonds. The number of nitrogens with zero attached hydrogens (tertiary/aromatic N) is 1. The zero-order valence-corrected chi connectivity index (χ0v) is 21.4. The smallest absolute Gasteiger partial charge is 0.271 e. The summed E-state index contributed by atoms with van der Waals surface area (Å²) >= 11 is 22.5. The van der Waals surface area contributed by atoms with E-state index in [1.165, 1.54) is 0 Å². The number of carbonyl (C=O) groups excluding carboxylic acids is 1. The van der Waals surface area contributed by atoms with Crippen molar-refractivity contribution in [3.8, 4) is 5.75 Å². The quantitative estimate of drug-likeness (QED) is 0.224. The first-order valence-electron chi connectivity index (χ1n) is 8.48. The number of hydrogen-bond acceptors (Lipinski definition) is 3. The average Bonchev–Trinajstić information content (AvgIpc) is 2.69. The molecule has 0 unspecified atom stereocenters. The van der Waals surface area contributed by atoms with Crippen LogP contribution in [0.2, 0.25) is 10.0 Å². The van der Waals surface area contributed by atoms with Gasteiger partial charge in [-0.05, 0) is 86.0 Å². The molecule has 0 saturated heterocycles. The molecule has 3 rings (SSSR count). The summed E-state index contributed by atoms with van der Waals surface area (Å²) in [6, 6.07) is 15.9. The van der Waals surface area contributed by atoms with Gasteiger partial charge in [0.15, 0.2) is 0 Å². The number of nitrogens with one attached hydrogen (secondary N) is 1. The number of ether oxygens (including phenoxy) is 1. The van der Waals surface area contributed by atoms with E-state index in [9.17, 15) is 4.79 Å². The Labute approximate surface area is 209 Å². The number of hydrogen-bond donors (Lipinski definition) is 1. The highest BCUT2D eigenvalue weighted by Gasteiger charge is 2.11. The van der Waals surface area contributed by atoms with Gasteiger partial charge in [0, 0.05) is 25.6 Å². The lowest BCUT2D eigenvalue weighted by Crippen LogP contribution is -2.17. The SMILES string of the molecule is O=C(N/N=C\c1cc(Br)c(OCc2ccc(Cl)cc2Cl)c(Br)c1)c1ccc(Br)cc1. The highest BCUT2D eigenvalue weighted by Crippen LogP contribution is 2.35. The Morgan fingerprint density at radius 2 is 1.67 bits per heavy atom. The van der Waals surface area contributed by atoms with Crippen LogP contribution in [0.1, 0.15) is 21.5 Å². The highest BCUT2D eigenvalue weighted by atomic mass is 79.9. The van der Waals surface area contributed by atoms with Crippen molar-refractivity contribution < 1.29 is 9.53 Å². The number of amides is 1. The van der Waals surface area contributed by atoms with Gasteiger partial charge in [0.05, 0.1) is 15.2 Å². The van der Waals surface area contributed by atoms with E-state index >= 15 is 0 Å². The fourth-order valence-corrected chi connectivity index (χ4v) is 4.59. The first-order valence-corrected chi connectivity index (χ1v) is 11.6. The fourth-order valence-electron chi connectivity index (χ4n) is 2.41. The summed E-state index contributed by atoms with van der Waals surface area (Å²) in [4.78, 5) is 12.1. The third-order valence-corrected chi connectivity index (χ3v) is 6.19. The monoisotopic (exact) mass is 632 g/mol. The van der Waals surface area contributed by atoms with Crippen LogP contribution in [0.3, 0.4) is 0 Å². The molecule has 0 aliphatic rings. The van der Waals surface area contributed by atoms with Gasteiger partial charge in [-0.15, -0.1) is 0 Å². The molecule has 0 fully saturated rings. The van der Waals surface area contributed by atoms with E-state index in [4.69, 9.17) is 27.9 Å². The molecule has 3 aromatic carbocycles. The molecular weight excluding hydrogens is 623 g/mol. The van der Waals surface area contributed by atoms with E-state index < -0.39 is 0 Å². The number of hydrazone groups is 1. The largest absolute Gasteiger partial charge is 0.486 e. The van der Waals surface area contributed by atoms with Gasteiger partial charge < -0.3 is 4.74 Å². The van der Waals surface area contributed by atoms with Crippen LogP contribution in [0.25, 0.3) is 0 Å². The van der Waals surface area contributed by atoms with Crippen molar-refractivity contribution >= 4 is 83.1 Å². The number of carbonyl (C=O) groups is 1. The minimum Gasteiger partial charge on any atom is -0.486 e. The molecule has 0 atom stereocenters. The molecule has 0 heterocycles. The van der Waals surface area contributed by atoms with Gasteiger partial charge in [0.2, 0.25) is 0 Å². The summed E-state index contributed by atoms with van der Waals surface area (Å²) in [7, 11) is 0. The second-order valence-corrected chi connectivity index (χ2v) is 9.51. The first kappa shape index (κ1) is 23.3. The van der Waals surface area contributed by atoms with Crippen molar-refractivity contribution in [1.29, 1.82) is 0 Å². The first-order chi connectivity index (χ1) is 14.3. The van der Waals surface area contributed by atoms with E-state index in [2.05, 4.69) is 58.3 Å². The minimum atomic E-state index is -0.295. The van der Waals surface area contributed by atoms with Crippen LogP contribution >= 0.6 is 71.0 Å². The predicted octanol–water partition coefficient (Wildman–Crippen LogP) is 7.62. The summed E-state index contributed by atoms with van der Waals surface area (Å²) in [6.07, 6.45) is 1.55. The van der Waals surface area contributed by atoms with Gasteiger partial charge in [-0.25, -0.2) is 5.43 Å². The predicted molar refractivity (Wildman–Crippen MR) is 132 cm³/mol. The van der Waals surface area contributed by atoms with E-state index in [-0.39, 0.29) is 12.5 Å². The molecule has 154 valence electrons. The van der Waals surface area contributed by atoms with Crippen LogP contribution in [-0.2, 0) is 6.61 Å². The number of benzene rings is 3. The molecule has 0 aromatic heterocycles. The van der Waals surface area contributed by atoms with Gasteiger partial charge >= 0.3 is 0 Å². The Morgan fingerprint density at radius 3 is 2.30 bits per heavy atom. The number of halogens is 5. The van der Waals surface area contributed by atoms with Crippen LogP contribution in [-0.4, -0.2) is 12.1 Å². The molecule has 4 nitrogen and oxygen atoms in total. The normalized spacial score (nSPS) is 11.0. The molecule has 1 N–H and O–H groups in total. The van der Waals surface area contributed by atoms with Crippen LogP contribution in [0, 0.1) is 0 Å². The summed E-state index contributed by atoms with van der Waals surface area (Å²) in [6.45, 7) is 0.282. The lowest BCUT2D eigenvalue weighted by atomic mass is 10.2. The van der Waals surface area contributed by atoms with Crippen molar-refractivity contribution in [2.75, 3.05) is 0 Å². The Bertz CT molecular complexity index is 1080. The Hall–Kier alpha value is -1.38. The molecule has 3 aromatic rings. The van der Waals surface area contributed by atoms with Crippen molar-refractivity contribution in [3.05, 3.63) is 94.8 Å². The summed E-state index contributed by atoms with van der Waals surface area (Å²) in [5.41, 5.74) is 4.61. The van der Waals surface area contributed by atoms with Gasteiger partial charge in [-0.2, -0.15) is 5.10 Å². The summed E-state index contributed by atoms with van der Waals surface area (Å²) in [5.74, 6) is 0.328. The lowest BCUT2D eigenvalue weighted by molar-refractivity contribution is 0.0955. The van der Waals surface area contributed by atoms with Gasteiger partial charge in [0.25, 0.3) is 5.91 Å². The molecule has 9 heteroatoms. The summed E-state index contributed by atoms with van der Waals surface area (Å²) < 4.78 is 8.25. The lowest BCUT2D eigenvalue weighted by Gasteiger charge is -2.12. The Morgan fingerprint density at radius 1 is 1.00 bits per heavy atom. The van der Waals surface area contributed by atoms with E-state index in [1.54, 1.807) is 42.6 Å². The standard InChI is InChI=1S/C21H13Br3Cl2N2O2/c22-15-4-1-13(2-5-15)21(29)28-27-10-12-7-17(23)20(18(24)8-12)30-11-14-3-6-16(25)9-19(14)26/h1-10H,11H2,(H,28,29)/b27-10-. The van der Waals surface area contributed by atoms with Crippen LogP contribution in [0.5, 0.6) is 5.75 Å². The molecule has 0 saturated carbocycles. The molecule has 30 heavy (non-hydrogen) atoms. The second-order valence-electron chi connectivity index (χ2n) is 6.04. The van der Waals surface area contributed by atoms with E-state index in [0.29, 0.717) is 21.4 Å². The molecular formula is C21H13Br3Cl2N2O2. The molecule has 0 aliphatic carbocycles. The van der Waals surface area contributed by atoms with Crippen LogP contribution < -0.4 is 10.2 Å². The maximum Gasteiger partial charge on any atom is 0.271 e. The van der Waals surface area contributed by atoms with Crippen LogP contribution in [0.15, 0.2) is 73.1 Å². The third-order valence-electron chi connectivity index (χ3n) is 3.89. The number of rotatable bonds is 6. The third kappa shape index (κ3) is 6.31. The van der Waals surface area contributed by atoms with Crippen LogP contribution in [0.4, 0.5) is 0 Å². The molecule has 0 radical (unpaired) electrons. The van der Waals surface area contributed by atoms with E-state index in [1.807, 2.05) is 18.2 Å². The zero-order valence-electron chi connectivity index (χ0n) is 15.1. The van der Waals surface area contributed by atoms with E-state index in [0.717, 1.165) is 24.5 Å². The molecule has 0 bridgehead atoms. The van der Waals surface area contributed by atoms with Crippen molar-refractivity contribution in [1.82, 2.24) is 5.43 Å². The van der Waals surface area contributed by atoms with Gasteiger partial charge in [-0.3, -0.25) is 4.79 Å². The van der Waals surface area contributed by atoms with Crippen molar-refractivity contribution in [2.45, 2.75) is 6.61 Å². The molecule has 0 spiro atoms. The maximum absolute atomic E-state index is 12.1. The van der Waals surface area contributed by atoms with Gasteiger partial charge in [-0.1, -0.05) is 45.2 Å². The van der Waals surface area contributed by atoms with Crippen molar-refractivity contribution in [3.63, 3.8) is 0 Å². The highest BCUT2D eigenvalue weighted by molar-refractivity contribution is 9.11. The Balaban J connectivity index is 1.65. The van der Waals surface area contributed by atoms with Gasteiger partial charge in [0.1, 0.15) is 12.4 Å². The Kier molecular flexibility index (Phi) is 8.36. The summed E-state index contributed by atoms with van der Waals surface area (Å²) in [5, 5.41) is 5.13. The fraction of sp³-hybridized carbons (Fsp3) is 0.0476. The zero-order chi connectivity index (χ0) is 21.7. The second kappa shape index (κ2) is 10.8. The van der Waals surface area contributed by atoms with Crippen molar-refractivity contribution in [2.24, 2.45) is 5.10 Å². The topological polar surface area (TPSA) is 50.7 Å². The maximum atomic E-state index is 12.1. The minimum absolute atomic E-state index is 0.282. The average molecular weight is 636 g/mol.